The van der Waals surface area contributed by atoms with Crippen LogP contribution in [0.15, 0.2) is 18.2 Å². The van der Waals surface area contributed by atoms with E-state index in [9.17, 15) is 18.0 Å². The molecule has 0 radical (unpaired) electrons. The number of amides is 1. The molecule has 1 aliphatic rings. The zero-order valence-corrected chi connectivity index (χ0v) is 10.0. The Bertz CT molecular complexity index is 468. The second kappa shape index (κ2) is 4.63. The number of benzene rings is 1. The summed E-state index contributed by atoms with van der Waals surface area (Å²) in [5, 5.41) is 0. The van der Waals surface area contributed by atoms with Crippen LogP contribution in [0.1, 0.15) is 24.0 Å². The predicted octanol–water partition coefficient (Wildman–Crippen LogP) is 3.09. The van der Waals surface area contributed by atoms with Crippen LogP contribution in [0.25, 0.3) is 0 Å². The van der Waals surface area contributed by atoms with Gasteiger partial charge in [0, 0.05) is 12.7 Å². The van der Waals surface area contributed by atoms with Gasteiger partial charge in [-0.25, -0.2) is 0 Å². The highest BCUT2D eigenvalue weighted by Crippen LogP contribution is 2.28. The molecule has 5 heteroatoms. The summed E-state index contributed by atoms with van der Waals surface area (Å²) in [5.41, 5.74) is 2.54. The average Bonchev–Trinajstić information content (AvgIpc) is 2.35. The van der Waals surface area contributed by atoms with Crippen molar-refractivity contribution in [1.29, 1.82) is 0 Å². The molecule has 1 amide bonds. The molecule has 0 saturated carbocycles. The fraction of sp³-hybridized carbons (Fsp3) is 0.462. The SMILES string of the molecule is CN(C(=O)C(F)(F)F)c1ccc2c(c1)CCCC2. The summed E-state index contributed by atoms with van der Waals surface area (Å²) >= 11 is 0. The highest BCUT2D eigenvalue weighted by molar-refractivity contribution is 5.96. The van der Waals surface area contributed by atoms with Crippen molar-refractivity contribution in [2.24, 2.45) is 0 Å². The highest BCUT2D eigenvalue weighted by atomic mass is 19.4. The van der Waals surface area contributed by atoms with Gasteiger partial charge in [-0.15, -0.1) is 0 Å². The standard InChI is InChI=1S/C13H14F3NO/c1-17(12(18)13(14,15)16)11-7-6-9-4-2-3-5-10(9)8-11/h6-8H,2-5H2,1H3. The van der Waals surface area contributed by atoms with Crippen molar-refractivity contribution in [2.75, 3.05) is 11.9 Å². The molecule has 0 saturated heterocycles. The number of fused-ring (bicyclic) bond motifs is 1. The molecule has 0 aromatic heterocycles. The van der Waals surface area contributed by atoms with Crippen molar-refractivity contribution in [1.82, 2.24) is 0 Å². The first kappa shape index (κ1) is 12.9. The maximum Gasteiger partial charge on any atom is 0.471 e. The topological polar surface area (TPSA) is 20.3 Å². The van der Waals surface area contributed by atoms with Crippen LogP contribution in [0.4, 0.5) is 18.9 Å². The van der Waals surface area contributed by atoms with Crippen molar-refractivity contribution >= 4 is 11.6 Å². The Hall–Kier alpha value is -1.52. The molecule has 0 spiro atoms. The molecular formula is C13H14F3NO. The lowest BCUT2D eigenvalue weighted by atomic mass is 9.91. The quantitative estimate of drug-likeness (QED) is 0.757. The summed E-state index contributed by atoms with van der Waals surface area (Å²) in [7, 11) is 1.15. The number of aryl methyl sites for hydroxylation is 2. The third-order valence-corrected chi connectivity index (χ3v) is 3.27. The van der Waals surface area contributed by atoms with E-state index in [4.69, 9.17) is 0 Å². The zero-order chi connectivity index (χ0) is 13.3. The molecular weight excluding hydrogens is 243 g/mol. The third kappa shape index (κ3) is 2.49. The Labute approximate surface area is 103 Å². The normalized spacial score (nSPS) is 15.1. The van der Waals surface area contributed by atoms with Crippen LogP contribution >= 0.6 is 0 Å². The molecule has 1 aromatic carbocycles. The van der Waals surface area contributed by atoms with Crippen LogP contribution in [-0.2, 0) is 17.6 Å². The molecule has 1 aromatic rings. The van der Waals surface area contributed by atoms with Gasteiger partial charge in [0.15, 0.2) is 0 Å². The van der Waals surface area contributed by atoms with Gasteiger partial charge in [-0.05, 0) is 48.9 Å². The van der Waals surface area contributed by atoms with E-state index in [2.05, 4.69) is 0 Å². The largest absolute Gasteiger partial charge is 0.471 e. The summed E-state index contributed by atoms with van der Waals surface area (Å²) in [6.07, 6.45) is -0.828. The fourth-order valence-corrected chi connectivity index (χ4v) is 2.24. The maximum atomic E-state index is 12.3. The van der Waals surface area contributed by atoms with Crippen molar-refractivity contribution in [2.45, 2.75) is 31.9 Å². The molecule has 0 bridgehead atoms. The number of carbonyl (C=O) groups excluding carboxylic acids is 1. The van der Waals surface area contributed by atoms with Crippen molar-refractivity contribution < 1.29 is 18.0 Å². The smallest absolute Gasteiger partial charge is 0.308 e. The molecule has 2 nitrogen and oxygen atoms in total. The molecule has 98 valence electrons. The first-order valence-corrected chi connectivity index (χ1v) is 5.86. The summed E-state index contributed by atoms with van der Waals surface area (Å²) in [6.45, 7) is 0. The first-order chi connectivity index (χ1) is 8.39. The lowest BCUT2D eigenvalue weighted by Crippen LogP contribution is -2.38. The van der Waals surface area contributed by atoms with E-state index in [0.717, 1.165) is 38.3 Å². The monoisotopic (exact) mass is 257 g/mol. The average molecular weight is 257 g/mol. The van der Waals surface area contributed by atoms with Gasteiger partial charge in [-0.2, -0.15) is 13.2 Å². The van der Waals surface area contributed by atoms with Crippen LogP contribution < -0.4 is 4.90 Å². The molecule has 0 N–H and O–H groups in total. The number of alkyl halides is 3. The summed E-state index contributed by atoms with van der Waals surface area (Å²) in [4.78, 5) is 11.8. The zero-order valence-electron chi connectivity index (χ0n) is 10.0. The predicted molar refractivity (Wildman–Crippen MR) is 62.5 cm³/mol. The van der Waals surface area contributed by atoms with Gasteiger partial charge in [0.1, 0.15) is 0 Å². The Morgan fingerprint density at radius 2 is 1.78 bits per heavy atom. The Morgan fingerprint density at radius 1 is 1.17 bits per heavy atom. The van der Waals surface area contributed by atoms with Crippen LogP contribution in [0.2, 0.25) is 0 Å². The van der Waals surface area contributed by atoms with Gasteiger partial charge >= 0.3 is 12.1 Å². The van der Waals surface area contributed by atoms with Gasteiger partial charge in [0.2, 0.25) is 0 Å². The summed E-state index contributed by atoms with van der Waals surface area (Å²) in [5.74, 6) is -1.83. The Balaban J connectivity index is 2.26. The number of hydrogen-bond acceptors (Lipinski definition) is 1. The molecule has 2 rings (SSSR count). The molecule has 0 fully saturated rings. The fourth-order valence-electron chi connectivity index (χ4n) is 2.24. The molecule has 0 unspecified atom stereocenters. The van der Waals surface area contributed by atoms with E-state index in [1.165, 1.54) is 5.56 Å². The minimum atomic E-state index is -4.83. The van der Waals surface area contributed by atoms with Gasteiger partial charge in [-0.1, -0.05) is 6.07 Å². The first-order valence-electron chi connectivity index (χ1n) is 5.86. The minimum Gasteiger partial charge on any atom is -0.308 e. The third-order valence-electron chi connectivity index (χ3n) is 3.27. The van der Waals surface area contributed by atoms with E-state index < -0.39 is 12.1 Å². The number of anilines is 1. The van der Waals surface area contributed by atoms with Gasteiger partial charge in [-0.3, -0.25) is 4.79 Å². The van der Waals surface area contributed by atoms with Crippen LogP contribution in [0.3, 0.4) is 0 Å². The van der Waals surface area contributed by atoms with E-state index in [-0.39, 0.29) is 0 Å². The van der Waals surface area contributed by atoms with Gasteiger partial charge in [0.05, 0.1) is 0 Å². The second-order valence-corrected chi connectivity index (χ2v) is 4.52. The maximum absolute atomic E-state index is 12.3. The van der Waals surface area contributed by atoms with E-state index in [1.807, 2.05) is 6.07 Å². The molecule has 0 aliphatic heterocycles. The van der Waals surface area contributed by atoms with Crippen molar-refractivity contribution in [3.8, 4) is 0 Å². The summed E-state index contributed by atoms with van der Waals surface area (Å²) < 4.78 is 37.0. The van der Waals surface area contributed by atoms with Crippen LogP contribution in [0, 0.1) is 0 Å². The molecule has 18 heavy (non-hydrogen) atoms. The Morgan fingerprint density at radius 3 is 2.39 bits per heavy atom. The number of halogens is 3. The molecule has 0 atom stereocenters. The summed E-state index contributed by atoms with van der Waals surface area (Å²) in [6, 6.07) is 5.09. The number of rotatable bonds is 1. The molecule has 0 heterocycles. The van der Waals surface area contributed by atoms with Crippen molar-refractivity contribution in [3.63, 3.8) is 0 Å². The number of hydrogen-bond donors (Lipinski definition) is 0. The van der Waals surface area contributed by atoms with Crippen molar-refractivity contribution in [3.05, 3.63) is 29.3 Å². The van der Waals surface area contributed by atoms with E-state index in [0.29, 0.717) is 10.6 Å². The Kier molecular flexibility index (Phi) is 3.32. The lowest BCUT2D eigenvalue weighted by Gasteiger charge is -2.22. The molecule has 1 aliphatic carbocycles. The van der Waals surface area contributed by atoms with Gasteiger partial charge < -0.3 is 4.90 Å². The van der Waals surface area contributed by atoms with E-state index in [1.54, 1.807) is 12.1 Å². The van der Waals surface area contributed by atoms with Crippen LogP contribution in [-0.4, -0.2) is 19.1 Å². The van der Waals surface area contributed by atoms with Gasteiger partial charge in [0.25, 0.3) is 0 Å². The number of nitrogens with zero attached hydrogens (tertiary/aromatic N) is 1. The van der Waals surface area contributed by atoms with E-state index >= 15 is 0 Å². The second-order valence-electron chi connectivity index (χ2n) is 4.52. The van der Waals surface area contributed by atoms with Crippen LogP contribution in [0.5, 0.6) is 0 Å². The lowest BCUT2D eigenvalue weighted by molar-refractivity contribution is -0.170. The highest BCUT2D eigenvalue weighted by Gasteiger charge is 2.41. The number of carbonyl (C=O) groups is 1. The minimum absolute atomic E-state index is 0.304.